The minimum absolute atomic E-state index is 0.145. The average Bonchev–Trinajstić information content (AvgIpc) is 2.25. The van der Waals surface area contributed by atoms with Gasteiger partial charge >= 0.3 is 6.18 Å². The lowest BCUT2D eigenvalue weighted by atomic mass is 10.0. The molecule has 0 saturated heterocycles. The van der Waals surface area contributed by atoms with E-state index >= 15 is 0 Å². The summed E-state index contributed by atoms with van der Waals surface area (Å²) < 4.78 is 37.1. The number of alkyl halides is 3. The Bertz CT molecular complexity index is 515. The Morgan fingerprint density at radius 3 is 2.44 bits per heavy atom. The van der Waals surface area contributed by atoms with Crippen molar-refractivity contribution >= 4 is 17.7 Å². The number of rotatable bonds is 2. The predicted molar refractivity (Wildman–Crippen MR) is 61.9 cm³/mol. The molecule has 0 bridgehead atoms. The summed E-state index contributed by atoms with van der Waals surface area (Å²) in [6.07, 6.45) is -3.02. The van der Waals surface area contributed by atoms with Crippen LogP contribution in [0.2, 0.25) is 5.02 Å². The van der Waals surface area contributed by atoms with E-state index in [1.54, 1.807) is 0 Å². The zero-order valence-corrected chi connectivity index (χ0v) is 10.0. The zero-order valence-electron chi connectivity index (χ0n) is 9.29. The Labute approximate surface area is 107 Å². The molecule has 1 unspecified atom stereocenters. The predicted octanol–water partition coefficient (Wildman–Crippen LogP) is 3.54. The minimum atomic E-state index is -4.75. The van der Waals surface area contributed by atoms with Crippen LogP contribution in [0.25, 0.3) is 6.08 Å². The summed E-state index contributed by atoms with van der Waals surface area (Å²) >= 11 is 5.73. The van der Waals surface area contributed by atoms with Gasteiger partial charge in [-0.2, -0.15) is 18.4 Å². The molecule has 1 rings (SSSR count). The second kappa shape index (κ2) is 5.01. The molecular weight excluding hydrogens is 267 g/mol. The third-order valence-electron chi connectivity index (χ3n) is 2.29. The van der Waals surface area contributed by atoms with E-state index in [0.717, 1.165) is 6.08 Å². The summed E-state index contributed by atoms with van der Waals surface area (Å²) in [5.41, 5.74) is -2.31. The highest BCUT2D eigenvalue weighted by Gasteiger charge is 2.47. The van der Waals surface area contributed by atoms with Gasteiger partial charge in [0, 0.05) is 0 Å². The third-order valence-corrected chi connectivity index (χ3v) is 2.60. The number of nitrogens with zero attached hydrogens (tertiary/aromatic N) is 1. The molecule has 0 aromatic heterocycles. The van der Waals surface area contributed by atoms with Crippen molar-refractivity contribution in [3.63, 3.8) is 0 Å². The van der Waals surface area contributed by atoms with Gasteiger partial charge in [-0.15, -0.1) is 0 Å². The van der Waals surface area contributed by atoms with Crippen molar-refractivity contribution < 1.29 is 18.3 Å². The maximum atomic E-state index is 12.4. The fraction of sp³-hybridized carbons (Fsp3) is 0.250. The SMILES string of the molecule is CC(O)(C=Cc1ccc(C#N)c(Cl)c1)C(F)(F)F. The quantitative estimate of drug-likeness (QED) is 0.897. The van der Waals surface area contributed by atoms with Gasteiger partial charge in [0.25, 0.3) is 0 Å². The molecule has 6 heteroatoms. The smallest absolute Gasteiger partial charge is 0.377 e. The normalized spacial score (nSPS) is 15.4. The second-order valence-electron chi connectivity index (χ2n) is 3.83. The number of hydrogen-bond acceptors (Lipinski definition) is 2. The van der Waals surface area contributed by atoms with Gasteiger partial charge in [0.2, 0.25) is 0 Å². The molecule has 2 nitrogen and oxygen atoms in total. The van der Waals surface area contributed by atoms with E-state index in [1.807, 2.05) is 6.07 Å². The van der Waals surface area contributed by atoms with Crippen LogP contribution >= 0.6 is 11.6 Å². The number of benzene rings is 1. The summed E-state index contributed by atoms with van der Waals surface area (Å²) in [7, 11) is 0. The summed E-state index contributed by atoms with van der Waals surface area (Å²) in [5, 5.41) is 18.0. The van der Waals surface area contributed by atoms with Crippen molar-refractivity contribution in [2.45, 2.75) is 18.7 Å². The lowest BCUT2D eigenvalue weighted by molar-refractivity contribution is -0.232. The Morgan fingerprint density at radius 1 is 1.39 bits per heavy atom. The van der Waals surface area contributed by atoms with Crippen LogP contribution in [0.4, 0.5) is 13.2 Å². The van der Waals surface area contributed by atoms with E-state index in [2.05, 4.69) is 0 Å². The highest BCUT2D eigenvalue weighted by molar-refractivity contribution is 6.31. The van der Waals surface area contributed by atoms with Gasteiger partial charge in [0.1, 0.15) is 6.07 Å². The lowest BCUT2D eigenvalue weighted by Gasteiger charge is -2.22. The van der Waals surface area contributed by atoms with Crippen molar-refractivity contribution in [3.8, 4) is 6.07 Å². The Morgan fingerprint density at radius 2 is 2.00 bits per heavy atom. The van der Waals surface area contributed by atoms with Gasteiger partial charge in [-0.05, 0) is 30.7 Å². The van der Waals surface area contributed by atoms with Crippen molar-refractivity contribution in [2.24, 2.45) is 0 Å². The van der Waals surface area contributed by atoms with Crippen LogP contribution in [0.3, 0.4) is 0 Å². The highest BCUT2D eigenvalue weighted by atomic mass is 35.5. The van der Waals surface area contributed by atoms with Crippen LogP contribution < -0.4 is 0 Å². The molecular formula is C12H9ClF3NO. The molecule has 0 amide bonds. The molecule has 18 heavy (non-hydrogen) atoms. The molecule has 1 aromatic carbocycles. The van der Waals surface area contributed by atoms with Crippen LogP contribution in [0, 0.1) is 11.3 Å². The molecule has 0 fully saturated rings. The molecule has 0 saturated carbocycles. The van der Waals surface area contributed by atoms with Crippen LogP contribution in [0.15, 0.2) is 24.3 Å². The molecule has 96 valence electrons. The standard InChI is InChI=1S/C12H9ClF3NO/c1-11(18,12(14,15)16)5-4-8-2-3-9(7-17)10(13)6-8/h2-6,18H,1H3. The van der Waals surface area contributed by atoms with Crippen molar-refractivity contribution in [3.05, 3.63) is 40.4 Å². The topological polar surface area (TPSA) is 44.0 Å². The molecule has 0 spiro atoms. The van der Waals surface area contributed by atoms with Gasteiger partial charge < -0.3 is 5.11 Å². The van der Waals surface area contributed by atoms with Crippen molar-refractivity contribution in [1.82, 2.24) is 0 Å². The fourth-order valence-electron chi connectivity index (χ4n) is 1.08. The van der Waals surface area contributed by atoms with E-state index < -0.39 is 11.8 Å². The van der Waals surface area contributed by atoms with E-state index in [-0.39, 0.29) is 10.6 Å². The van der Waals surface area contributed by atoms with E-state index in [1.165, 1.54) is 18.2 Å². The molecule has 0 aliphatic carbocycles. The van der Waals surface area contributed by atoms with E-state index in [9.17, 15) is 18.3 Å². The van der Waals surface area contributed by atoms with Crippen LogP contribution in [-0.2, 0) is 0 Å². The molecule has 0 radical (unpaired) electrons. The molecule has 0 heterocycles. The number of halogens is 4. The van der Waals surface area contributed by atoms with Crippen LogP contribution in [0.5, 0.6) is 0 Å². The number of nitriles is 1. The molecule has 1 aromatic rings. The van der Waals surface area contributed by atoms with Crippen molar-refractivity contribution in [1.29, 1.82) is 5.26 Å². The third kappa shape index (κ3) is 3.25. The summed E-state index contributed by atoms with van der Waals surface area (Å²) in [6, 6.07) is 6.01. The van der Waals surface area contributed by atoms with Gasteiger partial charge in [0.05, 0.1) is 10.6 Å². The highest BCUT2D eigenvalue weighted by Crippen LogP contribution is 2.31. The summed E-state index contributed by atoms with van der Waals surface area (Å²) in [4.78, 5) is 0. The molecule has 1 N–H and O–H groups in total. The average molecular weight is 276 g/mol. The largest absolute Gasteiger partial charge is 0.420 e. The molecule has 0 aliphatic heterocycles. The number of hydrogen-bond donors (Lipinski definition) is 1. The van der Waals surface area contributed by atoms with Gasteiger partial charge in [0.15, 0.2) is 5.60 Å². The number of aliphatic hydroxyl groups is 1. The van der Waals surface area contributed by atoms with Gasteiger partial charge in [-0.1, -0.05) is 23.7 Å². The maximum Gasteiger partial charge on any atom is 0.420 e. The summed E-state index contributed by atoms with van der Waals surface area (Å²) in [6.45, 7) is 0.648. The van der Waals surface area contributed by atoms with Crippen molar-refractivity contribution in [2.75, 3.05) is 0 Å². The first-order valence-corrected chi connectivity index (χ1v) is 5.23. The Hall–Kier alpha value is -1.51. The Balaban J connectivity index is 3.00. The van der Waals surface area contributed by atoms with Gasteiger partial charge in [-0.25, -0.2) is 0 Å². The minimum Gasteiger partial charge on any atom is -0.377 e. The van der Waals surface area contributed by atoms with Gasteiger partial charge in [-0.3, -0.25) is 0 Å². The molecule has 1 atom stereocenters. The first kappa shape index (κ1) is 14.6. The first-order valence-electron chi connectivity index (χ1n) is 4.85. The zero-order chi connectivity index (χ0) is 14.0. The van der Waals surface area contributed by atoms with Crippen LogP contribution in [-0.4, -0.2) is 16.9 Å². The first-order chi connectivity index (χ1) is 8.17. The fourth-order valence-corrected chi connectivity index (χ4v) is 1.31. The van der Waals surface area contributed by atoms with E-state index in [0.29, 0.717) is 18.6 Å². The van der Waals surface area contributed by atoms with Crippen LogP contribution in [0.1, 0.15) is 18.1 Å². The molecule has 0 aliphatic rings. The second-order valence-corrected chi connectivity index (χ2v) is 4.24. The van der Waals surface area contributed by atoms with E-state index in [4.69, 9.17) is 16.9 Å². The maximum absolute atomic E-state index is 12.4. The monoisotopic (exact) mass is 275 g/mol. The Kier molecular flexibility index (Phi) is 4.05. The lowest BCUT2D eigenvalue weighted by Crippen LogP contribution is -2.39. The summed E-state index contributed by atoms with van der Waals surface area (Å²) in [5.74, 6) is 0.